The van der Waals surface area contributed by atoms with Gasteiger partial charge in [0.2, 0.25) is 0 Å². The number of nitrogens with two attached hydrogens (primary N) is 1. The van der Waals surface area contributed by atoms with Gasteiger partial charge < -0.3 is 10.2 Å². The topological polar surface area (TPSA) is 90.4 Å². The number of hydrogen-bond acceptors (Lipinski definition) is 5. The van der Waals surface area contributed by atoms with Crippen molar-refractivity contribution in [1.29, 1.82) is 0 Å². The Bertz CT molecular complexity index is 483. The van der Waals surface area contributed by atoms with E-state index in [4.69, 9.17) is 10.6 Å². The van der Waals surface area contributed by atoms with Crippen LogP contribution in [0.1, 0.15) is 33.1 Å². The highest BCUT2D eigenvalue weighted by molar-refractivity contribution is 5.55. The van der Waals surface area contributed by atoms with Gasteiger partial charge in [-0.05, 0) is 31.1 Å². The van der Waals surface area contributed by atoms with Crippen molar-refractivity contribution in [2.75, 3.05) is 5.43 Å². The molecule has 2 rings (SSSR count). The first-order valence-corrected chi connectivity index (χ1v) is 6.90. The van der Waals surface area contributed by atoms with Crippen LogP contribution in [0, 0.1) is 22.0 Å². The molecule has 0 amide bonds. The largest absolute Gasteiger partial charge is 0.490 e. The zero-order chi connectivity index (χ0) is 14.7. The fourth-order valence-electron chi connectivity index (χ4n) is 3.00. The van der Waals surface area contributed by atoms with Crippen LogP contribution in [0.4, 0.5) is 11.4 Å². The zero-order valence-corrected chi connectivity index (χ0v) is 11.8. The van der Waals surface area contributed by atoms with E-state index in [9.17, 15) is 10.1 Å². The van der Waals surface area contributed by atoms with Gasteiger partial charge in [0.1, 0.15) is 5.75 Å². The minimum Gasteiger partial charge on any atom is -0.490 e. The van der Waals surface area contributed by atoms with E-state index in [0.29, 0.717) is 23.3 Å². The van der Waals surface area contributed by atoms with Gasteiger partial charge in [0, 0.05) is 12.1 Å². The first kappa shape index (κ1) is 14.6. The summed E-state index contributed by atoms with van der Waals surface area (Å²) in [5, 5.41) is 10.9. The lowest BCUT2D eigenvalue weighted by Crippen LogP contribution is -2.28. The molecule has 2 unspecified atom stereocenters. The Labute approximate surface area is 118 Å². The van der Waals surface area contributed by atoms with Crippen molar-refractivity contribution in [2.24, 2.45) is 17.7 Å². The van der Waals surface area contributed by atoms with Gasteiger partial charge in [-0.15, -0.1) is 0 Å². The van der Waals surface area contributed by atoms with Crippen molar-refractivity contribution < 1.29 is 9.66 Å². The first-order valence-electron chi connectivity index (χ1n) is 6.90. The predicted molar refractivity (Wildman–Crippen MR) is 77.5 cm³/mol. The van der Waals surface area contributed by atoms with Gasteiger partial charge in [-0.3, -0.25) is 16.0 Å². The van der Waals surface area contributed by atoms with Crippen LogP contribution in [0.25, 0.3) is 0 Å². The van der Waals surface area contributed by atoms with Gasteiger partial charge in [0.15, 0.2) is 0 Å². The second kappa shape index (κ2) is 6.09. The lowest BCUT2D eigenvalue weighted by Gasteiger charge is -2.31. The highest BCUT2D eigenvalue weighted by Gasteiger charge is 2.25. The van der Waals surface area contributed by atoms with E-state index in [1.165, 1.54) is 18.6 Å². The average Bonchev–Trinajstić information content (AvgIpc) is 2.36. The summed E-state index contributed by atoms with van der Waals surface area (Å²) in [5.74, 6) is 7.08. The number of hydrazine groups is 1. The number of ether oxygens (including phenoxy) is 1. The Morgan fingerprint density at radius 3 is 2.45 bits per heavy atom. The molecule has 0 aromatic heterocycles. The summed E-state index contributed by atoms with van der Waals surface area (Å²) in [5.41, 5.74) is 2.89. The standard InChI is InChI=1S/C14H21N3O3/c1-9-3-10(2)5-13(4-9)20-14-7-11(16-15)6-12(8-14)17(18)19/h6-10,13,16H,3-5,15H2,1-2H3. The molecule has 1 aromatic carbocycles. The Balaban J connectivity index is 2.15. The van der Waals surface area contributed by atoms with Crippen LogP contribution in [0.15, 0.2) is 18.2 Å². The molecule has 110 valence electrons. The molecule has 0 radical (unpaired) electrons. The van der Waals surface area contributed by atoms with Crippen LogP contribution in [-0.2, 0) is 0 Å². The molecule has 0 spiro atoms. The molecule has 1 aliphatic carbocycles. The summed E-state index contributed by atoms with van der Waals surface area (Å²) in [6.07, 6.45) is 3.29. The summed E-state index contributed by atoms with van der Waals surface area (Å²) >= 11 is 0. The number of rotatable bonds is 4. The Kier molecular flexibility index (Phi) is 4.44. The van der Waals surface area contributed by atoms with E-state index in [1.54, 1.807) is 6.07 Å². The number of nitrogens with one attached hydrogen (secondary N) is 1. The van der Waals surface area contributed by atoms with Gasteiger partial charge in [-0.2, -0.15) is 0 Å². The molecule has 6 nitrogen and oxygen atoms in total. The van der Waals surface area contributed by atoms with Crippen LogP contribution in [0.5, 0.6) is 5.75 Å². The normalized spacial score (nSPS) is 26.1. The molecule has 1 fully saturated rings. The molecular formula is C14H21N3O3. The molecule has 3 N–H and O–H groups in total. The lowest BCUT2D eigenvalue weighted by atomic mass is 9.82. The number of benzene rings is 1. The van der Waals surface area contributed by atoms with Crippen molar-refractivity contribution >= 4 is 11.4 Å². The van der Waals surface area contributed by atoms with Crippen molar-refractivity contribution in [3.8, 4) is 5.75 Å². The van der Waals surface area contributed by atoms with E-state index in [2.05, 4.69) is 19.3 Å². The fraction of sp³-hybridized carbons (Fsp3) is 0.571. The minimum absolute atomic E-state index is 0.0210. The molecule has 20 heavy (non-hydrogen) atoms. The molecule has 1 aromatic rings. The molecule has 2 atom stereocenters. The summed E-state index contributed by atoms with van der Waals surface area (Å²) in [6.45, 7) is 4.43. The van der Waals surface area contributed by atoms with Gasteiger partial charge >= 0.3 is 0 Å². The van der Waals surface area contributed by atoms with E-state index < -0.39 is 4.92 Å². The van der Waals surface area contributed by atoms with Crippen molar-refractivity contribution in [1.82, 2.24) is 0 Å². The van der Waals surface area contributed by atoms with E-state index in [1.807, 2.05) is 0 Å². The van der Waals surface area contributed by atoms with Gasteiger partial charge in [0.25, 0.3) is 5.69 Å². The summed E-state index contributed by atoms with van der Waals surface area (Å²) in [6, 6.07) is 4.53. The second-order valence-corrected chi connectivity index (χ2v) is 5.77. The maximum absolute atomic E-state index is 10.9. The number of nitro groups is 1. The Hall–Kier alpha value is -1.82. The molecule has 0 aliphatic heterocycles. The predicted octanol–water partition coefficient (Wildman–Crippen LogP) is 3.08. The van der Waals surface area contributed by atoms with Crippen molar-refractivity contribution in [2.45, 2.75) is 39.2 Å². The molecule has 0 saturated heterocycles. The third kappa shape index (κ3) is 3.60. The van der Waals surface area contributed by atoms with Gasteiger partial charge in [0.05, 0.1) is 22.8 Å². The summed E-state index contributed by atoms with van der Waals surface area (Å²) < 4.78 is 5.93. The summed E-state index contributed by atoms with van der Waals surface area (Å²) in [4.78, 5) is 10.5. The molecule has 6 heteroatoms. The number of nitrogen functional groups attached to an aromatic ring is 1. The molecular weight excluding hydrogens is 258 g/mol. The van der Waals surface area contributed by atoms with Crippen molar-refractivity contribution in [3.63, 3.8) is 0 Å². The SMILES string of the molecule is CC1CC(C)CC(Oc2cc(NN)cc([N+](=O)[O-])c2)C1. The van der Waals surface area contributed by atoms with E-state index in [-0.39, 0.29) is 11.8 Å². The smallest absolute Gasteiger partial charge is 0.275 e. The Morgan fingerprint density at radius 2 is 1.90 bits per heavy atom. The highest BCUT2D eigenvalue weighted by atomic mass is 16.6. The fourth-order valence-corrected chi connectivity index (χ4v) is 3.00. The van der Waals surface area contributed by atoms with Crippen molar-refractivity contribution in [3.05, 3.63) is 28.3 Å². The quantitative estimate of drug-likeness (QED) is 0.502. The summed E-state index contributed by atoms with van der Waals surface area (Å²) in [7, 11) is 0. The van der Waals surface area contributed by atoms with Gasteiger partial charge in [-0.1, -0.05) is 13.8 Å². The van der Waals surface area contributed by atoms with Crippen LogP contribution >= 0.6 is 0 Å². The second-order valence-electron chi connectivity index (χ2n) is 5.77. The third-order valence-corrected chi connectivity index (χ3v) is 3.71. The van der Waals surface area contributed by atoms with E-state index >= 15 is 0 Å². The van der Waals surface area contributed by atoms with Crippen LogP contribution in [0.2, 0.25) is 0 Å². The highest BCUT2D eigenvalue weighted by Crippen LogP contribution is 2.33. The zero-order valence-electron chi connectivity index (χ0n) is 11.8. The molecule has 1 aliphatic rings. The van der Waals surface area contributed by atoms with Crippen LogP contribution < -0.4 is 16.0 Å². The first-order chi connectivity index (χ1) is 9.47. The van der Waals surface area contributed by atoms with E-state index in [0.717, 1.165) is 12.8 Å². The minimum atomic E-state index is -0.445. The average molecular weight is 279 g/mol. The maximum Gasteiger partial charge on any atom is 0.275 e. The molecule has 0 heterocycles. The van der Waals surface area contributed by atoms with Crippen LogP contribution in [0.3, 0.4) is 0 Å². The number of anilines is 1. The molecule has 1 saturated carbocycles. The number of hydrogen-bond donors (Lipinski definition) is 2. The number of nitro benzene ring substituents is 1. The number of non-ortho nitro benzene ring substituents is 1. The lowest BCUT2D eigenvalue weighted by molar-refractivity contribution is -0.384. The monoisotopic (exact) mass is 279 g/mol. The number of nitrogens with zero attached hydrogens (tertiary/aromatic N) is 1. The molecule has 0 bridgehead atoms. The van der Waals surface area contributed by atoms with Crippen LogP contribution in [-0.4, -0.2) is 11.0 Å². The van der Waals surface area contributed by atoms with Gasteiger partial charge in [-0.25, -0.2) is 0 Å². The third-order valence-electron chi connectivity index (χ3n) is 3.71. The maximum atomic E-state index is 10.9. The Morgan fingerprint density at radius 1 is 1.25 bits per heavy atom.